The summed E-state index contributed by atoms with van der Waals surface area (Å²) in [6, 6.07) is 12.8. The number of azide groups is 1. The Kier molecular flexibility index (Phi) is 8.48. The molecule has 13 heteroatoms. The van der Waals surface area contributed by atoms with Crippen molar-refractivity contribution in [3.8, 4) is 5.88 Å². The zero-order valence-electron chi connectivity index (χ0n) is 25.7. The number of pyridine rings is 1. The summed E-state index contributed by atoms with van der Waals surface area (Å²) in [4.78, 5) is 20.3. The summed E-state index contributed by atoms with van der Waals surface area (Å²) in [5.41, 5.74) is 13.7. The van der Waals surface area contributed by atoms with Gasteiger partial charge in [0.1, 0.15) is 16.5 Å². The fourth-order valence-corrected chi connectivity index (χ4v) is 7.44. The van der Waals surface area contributed by atoms with Crippen molar-refractivity contribution in [1.29, 1.82) is 0 Å². The lowest BCUT2D eigenvalue weighted by Gasteiger charge is -2.34. The van der Waals surface area contributed by atoms with Gasteiger partial charge in [-0.1, -0.05) is 50.3 Å². The molecule has 44 heavy (non-hydrogen) atoms. The van der Waals surface area contributed by atoms with Gasteiger partial charge in [-0.25, -0.2) is 18.1 Å². The monoisotopic (exact) mass is 616 g/mol. The van der Waals surface area contributed by atoms with E-state index in [1.807, 2.05) is 62.7 Å². The molecule has 0 N–H and O–H groups in total. The van der Waals surface area contributed by atoms with E-state index in [1.54, 1.807) is 19.9 Å². The second-order valence-electron chi connectivity index (χ2n) is 11.6. The number of aryl methyl sites for hydroxylation is 3. The number of carbonyl (C=O) groups excluding carboxylic acids is 1. The topological polar surface area (TPSA) is 156 Å². The highest BCUT2D eigenvalue weighted by Crippen LogP contribution is 2.45. The summed E-state index contributed by atoms with van der Waals surface area (Å²) in [6.07, 6.45) is 1.75. The standard InChI is InChI=1S/C31H36N8O4S/c1-7-23-18-38(44(41,42)26-10-9-15-33-29(26)43-23)17-22-16-21(12-11-19(22)3)27(31(5,6)30(40)35-36-32)24-13-14-25-28(20(24)4)34-37-39(25)8-2/h9-16,23,27H,7-8,17-18H2,1-6H3/t23-,27+/m1/s1. The lowest BCUT2D eigenvalue weighted by molar-refractivity contribution is -0.126. The van der Waals surface area contributed by atoms with Crippen LogP contribution in [0, 0.1) is 19.3 Å². The SMILES string of the molecule is CC[C@@H]1CN(Cc2cc([C@@H](c3ccc4c(nnn4CC)c3C)C(C)(C)C(=O)N=[N+]=[N-])ccc2C)S(=O)(=O)c2cccnc2O1. The van der Waals surface area contributed by atoms with Crippen LogP contribution in [0.25, 0.3) is 21.5 Å². The van der Waals surface area contributed by atoms with Crippen LogP contribution >= 0.6 is 0 Å². The minimum Gasteiger partial charge on any atom is -0.472 e. The minimum atomic E-state index is -3.92. The number of hydrogen-bond acceptors (Lipinski definition) is 7. The van der Waals surface area contributed by atoms with Gasteiger partial charge in [-0.2, -0.15) is 4.31 Å². The van der Waals surface area contributed by atoms with Crippen LogP contribution in [0.4, 0.5) is 0 Å². The maximum atomic E-state index is 13.9. The van der Waals surface area contributed by atoms with Crippen molar-refractivity contribution in [2.45, 2.75) is 78.0 Å². The first kappa shape index (κ1) is 31.1. The summed E-state index contributed by atoms with van der Waals surface area (Å²) in [6.45, 7) is 12.2. The average Bonchev–Trinajstić information content (AvgIpc) is 3.39. The van der Waals surface area contributed by atoms with Crippen molar-refractivity contribution in [3.63, 3.8) is 0 Å². The number of hydrogen-bond donors (Lipinski definition) is 0. The second kappa shape index (κ2) is 12.0. The summed E-state index contributed by atoms with van der Waals surface area (Å²) in [5, 5.41) is 12.2. The van der Waals surface area contributed by atoms with E-state index in [4.69, 9.17) is 10.3 Å². The highest BCUT2D eigenvalue weighted by atomic mass is 32.2. The molecular weight excluding hydrogens is 580 g/mol. The maximum absolute atomic E-state index is 13.9. The Labute approximate surface area is 256 Å². The Bertz CT molecular complexity index is 1900. The van der Waals surface area contributed by atoms with E-state index in [-0.39, 0.29) is 30.0 Å². The highest BCUT2D eigenvalue weighted by molar-refractivity contribution is 7.89. The Hall–Kier alpha value is -4.32. The van der Waals surface area contributed by atoms with Gasteiger partial charge in [-0.05, 0) is 83.9 Å². The predicted molar refractivity (Wildman–Crippen MR) is 165 cm³/mol. The molecule has 2 atom stereocenters. The number of sulfonamides is 1. The highest BCUT2D eigenvalue weighted by Gasteiger charge is 2.40. The molecule has 0 bridgehead atoms. The van der Waals surface area contributed by atoms with Crippen molar-refractivity contribution in [1.82, 2.24) is 24.3 Å². The number of ether oxygens (including phenoxy) is 1. The van der Waals surface area contributed by atoms with E-state index >= 15 is 0 Å². The van der Waals surface area contributed by atoms with Crippen LogP contribution in [0.3, 0.4) is 0 Å². The molecule has 1 aliphatic rings. The third-order valence-electron chi connectivity index (χ3n) is 8.55. The number of rotatable bonds is 8. The number of amides is 1. The van der Waals surface area contributed by atoms with Crippen LogP contribution in [0.15, 0.2) is 58.7 Å². The van der Waals surface area contributed by atoms with Crippen LogP contribution in [-0.4, -0.2) is 51.3 Å². The molecule has 0 saturated heterocycles. The molecule has 230 valence electrons. The molecule has 0 unspecified atom stereocenters. The molecule has 1 aliphatic heterocycles. The quantitative estimate of drug-likeness (QED) is 0.137. The first-order valence-corrected chi connectivity index (χ1v) is 16.0. The van der Waals surface area contributed by atoms with Crippen LogP contribution in [0.1, 0.15) is 67.9 Å². The van der Waals surface area contributed by atoms with Gasteiger partial charge in [0.15, 0.2) is 0 Å². The molecule has 12 nitrogen and oxygen atoms in total. The molecule has 2 aromatic carbocycles. The van der Waals surface area contributed by atoms with E-state index < -0.39 is 27.3 Å². The van der Waals surface area contributed by atoms with E-state index in [1.165, 1.54) is 16.6 Å². The molecule has 0 saturated carbocycles. The van der Waals surface area contributed by atoms with Gasteiger partial charge < -0.3 is 4.74 Å². The molecule has 1 amide bonds. The summed E-state index contributed by atoms with van der Waals surface area (Å²) in [5.74, 6) is -1.05. The van der Waals surface area contributed by atoms with Gasteiger partial charge in [0.05, 0.1) is 12.1 Å². The molecule has 0 fully saturated rings. The fraction of sp³-hybridized carbons (Fsp3) is 0.419. The van der Waals surface area contributed by atoms with Gasteiger partial charge in [0.2, 0.25) is 21.8 Å². The van der Waals surface area contributed by atoms with Crippen molar-refractivity contribution in [3.05, 3.63) is 86.9 Å². The molecule has 0 radical (unpaired) electrons. The Morgan fingerprint density at radius 2 is 1.98 bits per heavy atom. The first-order valence-electron chi connectivity index (χ1n) is 14.6. The van der Waals surface area contributed by atoms with Crippen molar-refractivity contribution < 1.29 is 17.9 Å². The first-order chi connectivity index (χ1) is 20.9. The van der Waals surface area contributed by atoms with Crippen LogP contribution in [0.2, 0.25) is 0 Å². The molecule has 4 aromatic rings. The number of nitrogens with zero attached hydrogens (tertiary/aromatic N) is 8. The molecule has 5 rings (SSSR count). The van der Waals surface area contributed by atoms with E-state index in [2.05, 4.69) is 25.3 Å². The molecule has 3 heterocycles. The van der Waals surface area contributed by atoms with Crippen molar-refractivity contribution >= 4 is 27.0 Å². The molecule has 0 spiro atoms. The number of aromatic nitrogens is 4. The third kappa shape index (κ3) is 5.42. The minimum absolute atomic E-state index is 0.0350. The van der Waals surface area contributed by atoms with Gasteiger partial charge >= 0.3 is 0 Å². The Morgan fingerprint density at radius 3 is 2.68 bits per heavy atom. The number of benzene rings is 2. The van der Waals surface area contributed by atoms with Gasteiger partial charge in [-0.15, -0.1) is 5.10 Å². The van der Waals surface area contributed by atoms with E-state index in [9.17, 15) is 13.2 Å². The normalized spacial score (nSPS) is 17.3. The Morgan fingerprint density at radius 1 is 1.20 bits per heavy atom. The van der Waals surface area contributed by atoms with Gasteiger partial charge in [-0.3, -0.25) is 4.79 Å². The van der Waals surface area contributed by atoms with Gasteiger partial charge in [0.25, 0.3) is 0 Å². The van der Waals surface area contributed by atoms with Crippen molar-refractivity contribution in [2.75, 3.05) is 6.54 Å². The van der Waals surface area contributed by atoms with Crippen LogP contribution in [-0.2, 0) is 27.9 Å². The summed E-state index contributed by atoms with van der Waals surface area (Å²) >= 11 is 0. The third-order valence-corrected chi connectivity index (χ3v) is 10.4. The number of carbonyl (C=O) groups is 1. The smallest absolute Gasteiger partial charge is 0.248 e. The lowest BCUT2D eigenvalue weighted by atomic mass is 9.69. The predicted octanol–water partition coefficient (Wildman–Crippen LogP) is 5.82. The molecule has 0 aliphatic carbocycles. The zero-order chi connectivity index (χ0) is 31.8. The fourth-order valence-electron chi connectivity index (χ4n) is 5.92. The molecular formula is C31H36N8O4S. The lowest BCUT2D eigenvalue weighted by Crippen LogP contribution is -2.36. The van der Waals surface area contributed by atoms with Crippen LogP contribution in [0.5, 0.6) is 5.88 Å². The van der Waals surface area contributed by atoms with Crippen LogP contribution < -0.4 is 4.74 Å². The molecule has 2 aromatic heterocycles. The van der Waals surface area contributed by atoms with Crippen molar-refractivity contribution in [2.24, 2.45) is 10.5 Å². The maximum Gasteiger partial charge on any atom is 0.248 e. The summed E-state index contributed by atoms with van der Waals surface area (Å²) in [7, 11) is -3.92. The van der Waals surface area contributed by atoms with E-state index in [0.717, 1.165) is 38.9 Å². The van der Waals surface area contributed by atoms with E-state index in [0.29, 0.717) is 13.0 Å². The number of fused-ring (bicyclic) bond motifs is 2. The second-order valence-corrected chi connectivity index (χ2v) is 13.5. The Balaban J connectivity index is 1.64. The van der Waals surface area contributed by atoms with Gasteiger partial charge in [0, 0.05) is 35.5 Å². The zero-order valence-corrected chi connectivity index (χ0v) is 26.5. The largest absolute Gasteiger partial charge is 0.472 e. The average molecular weight is 617 g/mol. The summed E-state index contributed by atoms with van der Waals surface area (Å²) < 4.78 is 37.0.